The molecule has 3 nitrogen and oxygen atoms in total. The average molecular weight is 193 g/mol. The lowest BCUT2D eigenvalue weighted by Gasteiger charge is -2.02. The summed E-state index contributed by atoms with van der Waals surface area (Å²) in [6.45, 7) is 0. The highest BCUT2D eigenvalue weighted by Gasteiger charge is 2.05. The number of para-hydroxylation sites is 1. The molecule has 1 aromatic carbocycles. The smallest absolute Gasteiger partial charge is 0.153 e. The van der Waals surface area contributed by atoms with Gasteiger partial charge in [0.15, 0.2) is 6.29 Å². The van der Waals surface area contributed by atoms with Crippen molar-refractivity contribution < 1.29 is 9.90 Å². The number of hydrogen-bond acceptors (Lipinski definition) is 4. The normalized spacial score (nSPS) is 9.15. The average Bonchev–Trinajstić information content (AvgIpc) is 2.16. The maximum absolute atomic E-state index is 10.4. The van der Waals surface area contributed by atoms with Crippen molar-refractivity contribution in [1.29, 1.82) is 5.26 Å². The van der Waals surface area contributed by atoms with E-state index in [2.05, 4.69) is 0 Å². The molecule has 1 rings (SSSR count). The molecule has 0 unspecified atom stereocenters. The van der Waals surface area contributed by atoms with Gasteiger partial charge >= 0.3 is 0 Å². The number of aldehydes is 1. The van der Waals surface area contributed by atoms with Crippen LogP contribution in [0.25, 0.3) is 0 Å². The van der Waals surface area contributed by atoms with Crippen LogP contribution in [0.2, 0.25) is 0 Å². The number of phenols is 1. The molecule has 0 saturated heterocycles. The first kappa shape index (κ1) is 9.62. The van der Waals surface area contributed by atoms with E-state index in [9.17, 15) is 9.90 Å². The van der Waals surface area contributed by atoms with Crippen molar-refractivity contribution in [2.75, 3.05) is 5.75 Å². The van der Waals surface area contributed by atoms with E-state index in [1.54, 1.807) is 12.1 Å². The zero-order valence-corrected chi connectivity index (χ0v) is 7.54. The SMILES string of the molecule is N#CCSc1cccc(C=O)c1O. The number of carbonyl (C=O) groups is 1. The van der Waals surface area contributed by atoms with Gasteiger partial charge in [0.2, 0.25) is 0 Å². The maximum atomic E-state index is 10.4. The Morgan fingerprint density at radius 3 is 3.00 bits per heavy atom. The number of rotatable bonds is 3. The molecule has 0 fully saturated rings. The predicted molar refractivity (Wildman–Crippen MR) is 49.8 cm³/mol. The van der Waals surface area contributed by atoms with Gasteiger partial charge in [0.05, 0.1) is 22.3 Å². The predicted octanol–water partition coefficient (Wildman–Crippen LogP) is 1.82. The van der Waals surface area contributed by atoms with Crippen LogP contribution >= 0.6 is 11.8 Å². The summed E-state index contributed by atoms with van der Waals surface area (Å²) in [5.74, 6) is 0.216. The highest BCUT2D eigenvalue weighted by molar-refractivity contribution is 7.99. The van der Waals surface area contributed by atoms with Crippen LogP contribution in [0.15, 0.2) is 23.1 Å². The van der Waals surface area contributed by atoms with E-state index in [0.717, 1.165) is 0 Å². The second-order valence-corrected chi connectivity index (χ2v) is 3.28. The summed E-state index contributed by atoms with van der Waals surface area (Å²) in [7, 11) is 0. The van der Waals surface area contributed by atoms with Gasteiger partial charge in [0, 0.05) is 0 Å². The minimum Gasteiger partial charge on any atom is -0.506 e. The summed E-state index contributed by atoms with van der Waals surface area (Å²) in [6.07, 6.45) is 0.589. The number of phenolic OH excluding ortho intramolecular Hbond substituents is 1. The van der Waals surface area contributed by atoms with Gasteiger partial charge in [0.25, 0.3) is 0 Å². The van der Waals surface area contributed by atoms with Crippen molar-refractivity contribution in [2.24, 2.45) is 0 Å². The molecule has 1 aromatic rings. The first-order chi connectivity index (χ1) is 6.29. The lowest BCUT2D eigenvalue weighted by Crippen LogP contribution is -1.83. The second kappa shape index (κ2) is 4.53. The molecule has 0 heterocycles. The van der Waals surface area contributed by atoms with E-state index in [0.29, 0.717) is 11.2 Å². The lowest BCUT2D eigenvalue weighted by molar-refractivity contribution is 0.112. The number of nitriles is 1. The Morgan fingerprint density at radius 1 is 1.62 bits per heavy atom. The molecule has 0 aliphatic rings. The summed E-state index contributed by atoms with van der Waals surface area (Å²) in [5, 5.41) is 17.8. The molecule has 13 heavy (non-hydrogen) atoms. The lowest BCUT2D eigenvalue weighted by atomic mass is 10.2. The van der Waals surface area contributed by atoms with Crippen molar-refractivity contribution in [3.63, 3.8) is 0 Å². The maximum Gasteiger partial charge on any atom is 0.153 e. The Kier molecular flexibility index (Phi) is 3.35. The van der Waals surface area contributed by atoms with E-state index >= 15 is 0 Å². The topological polar surface area (TPSA) is 61.1 Å². The molecule has 0 amide bonds. The summed E-state index contributed by atoms with van der Waals surface area (Å²) in [5.41, 5.74) is 0.253. The molecular weight excluding hydrogens is 186 g/mol. The molecule has 66 valence electrons. The minimum atomic E-state index is -0.0437. The van der Waals surface area contributed by atoms with Gasteiger partial charge in [-0.15, -0.1) is 11.8 Å². The fourth-order valence-corrected chi connectivity index (χ4v) is 1.51. The Hall–Kier alpha value is -1.47. The third-order valence-electron chi connectivity index (χ3n) is 1.45. The van der Waals surface area contributed by atoms with Crippen LogP contribution in [0.3, 0.4) is 0 Å². The second-order valence-electron chi connectivity index (χ2n) is 2.26. The Bertz CT molecular complexity index is 357. The van der Waals surface area contributed by atoms with Gasteiger partial charge in [-0.1, -0.05) is 6.07 Å². The van der Waals surface area contributed by atoms with Crippen molar-refractivity contribution in [2.45, 2.75) is 4.90 Å². The largest absolute Gasteiger partial charge is 0.506 e. The molecule has 1 N–H and O–H groups in total. The first-order valence-electron chi connectivity index (χ1n) is 3.56. The van der Waals surface area contributed by atoms with Gasteiger partial charge in [-0.05, 0) is 12.1 Å². The Balaban J connectivity index is 2.95. The van der Waals surface area contributed by atoms with Crippen LogP contribution in [0, 0.1) is 11.3 Å². The number of hydrogen-bond donors (Lipinski definition) is 1. The summed E-state index contributed by atoms with van der Waals surface area (Å²) >= 11 is 1.21. The minimum absolute atomic E-state index is 0.0437. The third-order valence-corrected chi connectivity index (χ3v) is 2.36. The molecule has 0 saturated carbocycles. The molecule has 0 aromatic heterocycles. The number of aromatic hydroxyl groups is 1. The molecule has 4 heteroatoms. The fraction of sp³-hybridized carbons (Fsp3) is 0.111. The number of benzene rings is 1. The summed E-state index contributed by atoms with van der Waals surface area (Å²) < 4.78 is 0. The highest BCUT2D eigenvalue weighted by atomic mass is 32.2. The van der Waals surface area contributed by atoms with Gasteiger partial charge in [0.1, 0.15) is 5.75 Å². The van der Waals surface area contributed by atoms with E-state index in [4.69, 9.17) is 5.26 Å². The van der Waals surface area contributed by atoms with Crippen LogP contribution in [0.4, 0.5) is 0 Å². The van der Waals surface area contributed by atoms with E-state index in [1.165, 1.54) is 17.8 Å². The fourth-order valence-electron chi connectivity index (χ4n) is 0.861. The van der Waals surface area contributed by atoms with E-state index in [1.807, 2.05) is 6.07 Å². The van der Waals surface area contributed by atoms with E-state index < -0.39 is 0 Å². The van der Waals surface area contributed by atoms with Crippen LogP contribution in [0.5, 0.6) is 5.75 Å². The number of carbonyl (C=O) groups excluding carboxylic acids is 1. The van der Waals surface area contributed by atoms with Gasteiger partial charge in [-0.25, -0.2) is 0 Å². The molecule has 0 aliphatic heterocycles. The third kappa shape index (κ3) is 2.23. The number of thioether (sulfide) groups is 1. The quantitative estimate of drug-likeness (QED) is 0.587. The van der Waals surface area contributed by atoms with Crippen LogP contribution in [-0.2, 0) is 0 Å². The highest BCUT2D eigenvalue weighted by Crippen LogP contribution is 2.30. The Morgan fingerprint density at radius 2 is 2.38 bits per heavy atom. The molecular formula is C9H7NO2S. The van der Waals surface area contributed by atoms with E-state index in [-0.39, 0.29) is 17.1 Å². The summed E-state index contributed by atoms with van der Waals surface area (Å²) in [4.78, 5) is 11.0. The number of nitrogens with zero attached hydrogens (tertiary/aromatic N) is 1. The van der Waals surface area contributed by atoms with Crippen molar-refractivity contribution in [3.05, 3.63) is 23.8 Å². The Labute approximate surface area is 80.0 Å². The monoisotopic (exact) mass is 193 g/mol. The molecule has 0 radical (unpaired) electrons. The molecule has 0 atom stereocenters. The summed E-state index contributed by atoms with van der Waals surface area (Å²) in [6, 6.07) is 6.81. The van der Waals surface area contributed by atoms with Crippen LogP contribution in [0.1, 0.15) is 10.4 Å². The first-order valence-corrected chi connectivity index (χ1v) is 4.55. The van der Waals surface area contributed by atoms with Crippen molar-refractivity contribution >= 4 is 18.0 Å². The van der Waals surface area contributed by atoms with Crippen LogP contribution < -0.4 is 0 Å². The molecule has 0 aliphatic carbocycles. The molecule has 0 spiro atoms. The van der Waals surface area contributed by atoms with Gasteiger partial charge in [-0.3, -0.25) is 4.79 Å². The zero-order valence-electron chi connectivity index (χ0n) is 6.73. The van der Waals surface area contributed by atoms with Crippen LogP contribution in [-0.4, -0.2) is 17.1 Å². The van der Waals surface area contributed by atoms with Gasteiger partial charge in [-0.2, -0.15) is 5.26 Å². The zero-order chi connectivity index (χ0) is 9.68. The van der Waals surface area contributed by atoms with Gasteiger partial charge < -0.3 is 5.11 Å². The van der Waals surface area contributed by atoms with Crippen molar-refractivity contribution in [3.8, 4) is 11.8 Å². The standard InChI is InChI=1S/C9H7NO2S/c10-4-5-13-8-3-1-2-7(6-11)9(8)12/h1-3,6,12H,5H2. The molecule has 0 bridgehead atoms. The van der Waals surface area contributed by atoms with Crippen molar-refractivity contribution in [1.82, 2.24) is 0 Å².